The van der Waals surface area contributed by atoms with Crippen LogP contribution in [0.2, 0.25) is 0 Å². The summed E-state index contributed by atoms with van der Waals surface area (Å²) in [5.74, 6) is 0.103. The molecule has 0 unspecified atom stereocenters. The van der Waals surface area contributed by atoms with Crippen LogP contribution in [-0.2, 0) is 0 Å². The summed E-state index contributed by atoms with van der Waals surface area (Å²) >= 11 is 0. The van der Waals surface area contributed by atoms with Gasteiger partial charge in [0.1, 0.15) is 0 Å². The highest BCUT2D eigenvalue weighted by atomic mass is 16.6. The fourth-order valence-corrected chi connectivity index (χ4v) is 2.22. The minimum absolute atomic E-state index is 0.0174. The first-order valence-corrected chi connectivity index (χ1v) is 6.18. The third kappa shape index (κ3) is 3.08. The highest BCUT2D eigenvalue weighted by molar-refractivity contribution is 5.95. The van der Waals surface area contributed by atoms with Crippen LogP contribution in [0.15, 0.2) is 18.2 Å². The fraction of sp³-hybridized carbons (Fsp3) is 0.462. The first-order valence-electron chi connectivity index (χ1n) is 6.18. The quantitative estimate of drug-likeness (QED) is 0.635. The number of carbonyl (C=O) groups is 1. The van der Waals surface area contributed by atoms with Gasteiger partial charge in [-0.3, -0.25) is 14.9 Å². The van der Waals surface area contributed by atoms with Crippen molar-refractivity contribution in [2.24, 2.45) is 5.92 Å². The van der Waals surface area contributed by atoms with E-state index in [0.717, 1.165) is 12.8 Å². The molecule has 1 aliphatic carbocycles. The fourth-order valence-electron chi connectivity index (χ4n) is 2.22. The Kier molecular flexibility index (Phi) is 3.80. The Bertz CT molecular complexity index is 509. The summed E-state index contributed by atoms with van der Waals surface area (Å²) in [6, 6.07) is 4.19. The lowest BCUT2D eigenvalue weighted by Crippen LogP contribution is -2.38. The first-order chi connectivity index (χ1) is 8.97. The number of carbonyl (C=O) groups excluding carboxylic acids is 1. The summed E-state index contributed by atoms with van der Waals surface area (Å²) in [6.45, 7) is 2.21. The lowest BCUT2D eigenvalue weighted by atomic mass is 9.82. The van der Waals surface area contributed by atoms with Crippen molar-refractivity contribution >= 4 is 11.6 Å². The Morgan fingerprint density at radius 2 is 2.21 bits per heavy atom. The average molecular weight is 264 g/mol. The van der Waals surface area contributed by atoms with Gasteiger partial charge in [0.25, 0.3) is 11.6 Å². The Morgan fingerprint density at radius 3 is 2.74 bits per heavy atom. The van der Waals surface area contributed by atoms with Gasteiger partial charge in [-0.25, -0.2) is 0 Å². The van der Waals surface area contributed by atoms with E-state index in [0.29, 0.717) is 23.6 Å². The molecule has 6 nitrogen and oxygen atoms in total. The molecule has 1 amide bonds. The number of nitro benzene ring substituents is 1. The van der Waals surface area contributed by atoms with Crippen molar-refractivity contribution in [3.05, 3.63) is 39.4 Å². The van der Waals surface area contributed by atoms with Crippen LogP contribution in [0.5, 0.6) is 0 Å². The van der Waals surface area contributed by atoms with Gasteiger partial charge in [0, 0.05) is 24.2 Å². The molecule has 2 rings (SSSR count). The van der Waals surface area contributed by atoms with Crippen molar-refractivity contribution in [3.8, 4) is 0 Å². The van der Waals surface area contributed by atoms with Gasteiger partial charge in [0.05, 0.1) is 11.0 Å². The number of nitro groups is 1. The molecule has 0 radical (unpaired) electrons. The van der Waals surface area contributed by atoms with E-state index in [-0.39, 0.29) is 17.7 Å². The number of hydrogen-bond acceptors (Lipinski definition) is 4. The predicted octanol–water partition coefficient (Wildman–Crippen LogP) is 1.40. The van der Waals surface area contributed by atoms with Crippen molar-refractivity contribution in [2.75, 3.05) is 6.54 Å². The van der Waals surface area contributed by atoms with Crippen LogP contribution in [-0.4, -0.2) is 28.6 Å². The number of nitrogens with one attached hydrogen (secondary N) is 1. The summed E-state index contributed by atoms with van der Waals surface area (Å²) < 4.78 is 0. The number of non-ortho nitro benzene ring substituents is 1. The number of aryl methyl sites for hydroxylation is 1. The molecule has 0 atom stereocenters. The highest BCUT2D eigenvalue weighted by Gasteiger charge is 2.27. The average Bonchev–Trinajstić information content (AvgIpc) is 2.32. The van der Waals surface area contributed by atoms with Gasteiger partial charge in [-0.2, -0.15) is 0 Å². The maximum Gasteiger partial charge on any atom is 0.269 e. The molecule has 6 heteroatoms. The largest absolute Gasteiger partial charge is 0.393 e. The van der Waals surface area contributed by atoms with Gasteiger partial charge < -0.3 is 10.4 Å². The van der Waals surface area contributed by atoms with Crippen molar-refractivity contribution < 1.29 is 14.8 Å². The van der Waals surface area contributed by atoms with Crippen LogP contribution in [0.1, 0.15) is 28.8 Å². The van der Waals surface area contributed by atoms with E-state index in [1.165, 1.54) is 18.2 Å². The van der Waals surface area contributed by atoms with Crippen LogP contribution in [0.4, 0.5) is 5.69 Å². The Hall–Kier alpha value is -1.95. The number of benzene rings is 1. The molecule has 0 saturated heterocycles. The molecule has 0 aliphatic heterocycles. The van der Waals surface area contributed by atoms with Crippen LogP contribution < -0.4 is 5.32 Å². The number of amides is 1. The first kappa shape index (κ1) is 13.5. The predicted molar refractivity (Wildman–Crippen MR) is 68.9 cm³/mol. The van der Waals surface area contributed by atoms with Gasteiger partial charge in [-0.05, 0) is 37.3 Å². The topological polar surface area (TPSA) is 92.5 Å². The lowest BCUT2D eigenvalue weighted by molar-refractivity contribution is -0.384. The third-order valence-electron chi connectivity index (χ3n) is 3.43. The lowest BCUT2D eigenvalue weighted by Gasteiger charge is -2.31. The zero-order valence-electron chi connectivity index (χ0n) is 10.6. The van der Waals surface area contributed by atoms with E-state index < -0.39 is 4.92 Å². The monoisotopic (exact) mass is 264 g/mol. The maximum absolute atomic E-state index is 11.9. The molecule has 2 N–H and O–H groups in total. The zero-order chi connectivity index (χ0) is 14.0. The van der Waals surface area contributed by atoms with Gasteiger partial charge in [0.2, 0.25) is 0 Å². The van der Waals surface area contributed by atoms with Crippen molar-refractivity contribution in [1.29, 1.82) is 0 Å². The van der Waals surface area contributed by atoms with Gasteiger partial charge in [-0.15, -0.1) is 0 Å². The Morgan fingerprint density at radius 1 is 1.53 bits per heavy atom. The second-order valence-electron chi connectivity index (χ2n) is 4.96. The number of nitrogens with zero attached hydrogens (tertiary/aromatic N) is 1. The van der Waals surface area contributed by atoms with Crippen molar-refractivity contribution in [1.82, 2.24) is 5.32 Å². The molecule has 0 heterocycles. The van der Waals surface area contributed by atoms with E-state index in [9.17, 15) is 14.9 Å². The number of hydrogen-bond donors (Lipinski definition) is 2. The minimum atomic E-state index is -0.482. The second-order valence-corrected chi connectivity index (χ2v) is 4.96. The van der Waals surface area contributed by atoms with Gasteiger partial charge in [-0.1, -0.05) is 0 Å². The minimum Gasteiger partial charge on any atom is -0.393 e. The molecule has 0 bridgehead atoms. The third-order valence-corrected chi connectivity index (χ3v) is 3.43. The summed E-state index contributed by atoms with van der Waals surface area (Å²) in [4.78, 5) is 22.1. The summed E-state index contributed by atoms with van der Waals surface area (Å²) in [5, 5.41) is 22.5. The van der Waals surface area contributed by atoms with Gasteiger partial charge >= 0.3 is 0 Å². The Balaban J connectivity index is 1.97. The van der Waals surface area contributed by atoms with E-state index in [1.54, 1.807) is 6.92 Å². The van der Waals surface area contributed by atoms with E-state index >= 15 is 0 Å². The summed E-state index contributed by atoms with van der Waals surface area (Å²) in [6.07, 6.45) is 1.21. The molecular formula is C13H16N2O4. The second kappa shape index (κ2) is 5.36. The number of rotatable bonds is 4. The molecule has 1 fully saturated rings. The number of aliphatic hydroxyl groups excluding tert-OH is 1. The van der Waals surface area contributed by atoms with Crippen LogP contribution in [0, 0.1) is 23.0 Å². The van der Waals surface area contributed by atoms with Crippen LogP contribution >= 0.6 is 0 Å². The maximum atomic E-state index is 11.9. The summed E-state index contributed by atoms with van der Waals surface area (Å²) in [5.41, 5.74) is 1.02. The van der Waals surface area contributed by atoms with E-state index in [1.807, 2.05) is 0 Å². The molecule has 102 valence electrons. The van der Waals surface area contributed by atoms with E-state index in [2.05, 4.69) is 5.32 Å². The van der Waals surface area contributed by atoms with Gasteiger partial charge in [0.15, 0.2) is 0 Å². The summed E-state index contributed by atoms with van der Waals surface area (Å²) in [7, 11) is 0. The molecule has 19 heavy (non-hydrogen) atoms. The molecule has 1 aromatic rings. The van der Waals surface area contributed by atoms with Crippen LogP contribution in [0.25, 0.3) is 0 Å². The van der Waals surface area contributed by atoms with Crippen molar-refractivity contribution in [2.45, 2.75) is 25.9 Å². The van der Waals surface area contributed by atoms with E-state index in [4.69, 9.17) is 5.11 Å². The number of aliphatic hydroxyl groups is 1. The normalized spacial score (nSPS) is 21.6. The molecule has 0 aromatic heterocycles. The standard InChI is InChI=1S/C13H16N2O4/c1-8-4-10(15(18)19)2-3-12(8)13(17)14-7-9-5-11(16)6-9/h2-4,9,11,16H,5-7H2,1H3,(H,14,17). The molecule has 1 saturated carbocycles. The Labute approximate surface area is 110 Å². The zero-order valence-corrected chi connectivity index (χ0v) is 10.6. The highest BCUT2D eigenvalue weighted by Crippen LogP contribution is 2.26. The van der Waals surface area contributed by atoms with Crippen LogP contribution in [0.3, 0.4) is 0 Å². The molecule has 0 spiro atoms. The SMILES string of the molecule is Cc1cc([N+](=O)[O-])ccc1C(=O)NCC1CC(O)C1. The molecule has 1 aliphatic rings. The van der Waals surface area contributed by atoms with Crippen molar-refractivity contribution in [3.63, 3.8) is 0 Å². The molecule has 1 aromatic carbocycles. The molecular weight excluding hydrogens is 248 g/mol. The smallest absolute Gasteiger partial charge is 0.269 e.